The summed E-state index contributed by atoms with van der Waals surface area (Å²) in [7, 11) is -3.83. The average Bonchev–Trinajstić information content (AvgIpc) is 3.35. The van der Waals surface area contributed by atoms with Gasteiger partial charge in [0.15, 0.2) is 0 Å². The number of fused-ring (bicyclic) bond motifs is 4. The van der Waals surface area contributed by atoms with Crippen molar-refractivity contribution in [3.05, 3.63) is 40.3 Å². The van der Waals surface area contributed by atoms with Crippen molar-refractivity contribution in [1.82, 2.24) is 19.8 Å². The molecule has 2 atom stereocenters. The van der Waals surface area contributed by atoms with Crippen LogP contribution in [0.4, 0.5) is 0 Å². The highest BCUT2D eigenvalue weighted by molar-refractivity contribution is 7.89. The Morgan fingerprint density at radius 2 is 1.93 bits per heavy atom. The summed E-state index contributed by atoms with van der Waals surface area (Å²) in [6.45, 7) is 1.41. The van der Waals surface area contributed by atoms with E-state index in [9.17, 15) is 23.1 Å². The number of rotatable bonds is 4. The molecule has 0 bridgehead atoms. The molecule has 2 unspecified atom stereocenters. The fourth-order valence-corrected chi connectivity index (χ4v) is 5.89. The van der Waals surface area contributed by atoms with Gasteiger partial charge in [-0.25, -0.2) is 18.2 Å². The van der Waals surface area contributed by atoms with Crippen LogP contribution >= 0.6 is 0 Å². The molecule has 1 aromatic carbocycles. The Kier molecular flexibility index (Phi) is 4.05. The summed E-state index contributed by atoms with van der Waals surface area (Å²) in [6, 6.07) is 4.31. The third kappa shape index (κ3) is 2.95. The lowest BCUT2D eigenvalue weighted by Gasteiger charge is -2.18. The number of aromatic nitrogens is 2. The van der Waals surface area contributed by atoms with E-state index in [2.05, 4.69) is 14.8 Å². The highest BCUT2D eigenvalue weighted by Gasteiger charge is 2.37. The number of pyridine rings is 1. The molecule has 152 valence electrons. The summed E-state index contributed by atoms with van der Waals surface area (Å²) in [5.41, 5.74) is -0.0626. The zero-order valence-corrected chi connectivity index (χ0v) is 16.3. The first-order chi connectivity index (χ1) is 13.8. The predicted octanol–water partition coefficient (Wildman–Crippen LogP) is 1.63. The molecule has 1 aliphatic heterocycles. The van der Waals surface area contributed by atoms with Crippen LogP contribution in [0.1, 0.15) is 29.6 Å². The van der Waals surface area contributed by atoms with Crippen LogP contribution in [0.2, 0.25) is 0 Å². The summed E-state index contributed by atoms with van der Waals surface area (Å²) >= 11 is 0. The summed E-state index contributed by atoms with van der Waals surface area (Å²) < 4.78 is 25.9. The van der Waals surface area contributed by atoms with E-state index in [0.717, 1.165) is 12.8 Å². The van der Waals surface area contributed by atoms with E-state index in [0.29, 0.717) is 35.8 Å². The van der Waals surface area contributed by atoms with Crippen molar-refractivity contribution in [2.75, 3.05) is 13.1 Å². The first-order valence-corrected chi connectivity index (χ1v) is 11.0. The molecule has 3 aromatic rings. The average molecular weight is 416 g/mol. The van der Waals surface area contributed by atoms with Crippen molar-refractivity contribution in [2.24, 2.45) is 11.8 Å². The minimum absolute atomic E-state index is 0.0212. The normalized spacial score (nSPS) is 22.5. The van der Waals surface area contributed by atoms with E-state index < -0.39 is 21.6 Å². The molecule has 1 saturated carbocycles. The summed E-state index contributed by atoms with van der Waals surface area (Å²) in [5.74, 6) is -0.118. The van der Waals surface area contributed by atoms with Gasteiger partial charge < -0.3 is 15.1 Å². The van der Waals surface area contributed by atoms with Gasteiger partial charge >= 0.3 is 5.97 Å². The Labute approximate surface area is 165 Å². The number of hydrogen-bond acceptors (Lipinski definition) is 5. The van der Waals surface area contributed by atoms with E-state index in [-0.39, 0.29) is 21.4 Å². The van der Waals surface area contributed by atoms with Crippen LogP contribution in [0.3, 0.4) is 0 Å². The van der Waals surface area contributed by atoms with E-state index in [1.807, 2.05) is 0 Å². The SMILES string of the molecule is O=C(O)c1c[nH]c2c(=O)[nH]c3ccc(S(=O)(=O)NN4CC5CCCC5C4)cc3c12. The molecule has 9 nitrogen and oxygen atoms in total. The van der Waals surface area contributed by atoms with Gasteiger partial charge in [-0.2, -0.15) is 0 Å². The van der Waals surface area contributed by atoms with Gasteiger partial charge in [0.05, 0.1) is 10.5 Å². The first kappa shape index (κ1) is 18.3. The number of nitrogens with one attached hydrogen (secondary N) is 3. The van der Waals surface area contributed by atoms with Gasteiger partial charge in [-0.05, 0) is 42.9 Å². The Balaban J connectivity index is 1.57. The standard InChI is InChI=1S/C19H20N4O5S/c24-18-17-16(14(7-20-17)19(25)26)13-6-12(4-5-15(13)21-18)29(27,28)22-23-8-10-2-1-3-11(10)9-23/h4-7,10-11,20,22H,1-3,8-9H2,(H,21,24)(H,25,26). The molecule has 3 heterocycles. The number of benzene rings is 1. The number of carboxylic acid groups (broad SMARTS) is 1. The van der Waals surface area contributed by atoms with Crippen LogP contribution in [-0.4, -0.2) is 47.6 Å². The fourth-order valence-electron chi connectivity index (χ4n) is 4.77. The highest BCUT2D eigenvalue weighted by atomic mass is 32.2. The van der Waals surface area contributed by atoms with Gasteiger partial charge in [-0.3, -0.25) is 4.79 Å². The van der Waals surface area contributed by atoms with Crippen LogP contribution in [0.15, 0.2) is 34.1 Å². The van der Waals surface area contributed by atoms with Crippen LogP contribution in [0, 0.1) is 11.8 Å². The largest absolute Gasteiger partial charge is 0.478 e. The van der Waals surface area contributed by atoms with Gasteiger partial charge in [-0.15, -0.1) is 4.83 Å². The molecule has 2 aromatic heterocycles. The Bertz CT molecular complexity index is 1300. The quantitative estimate of drug-likeness (QED) is 0.511. The molecular formula is C19H20N4O5S. The van der Waals surface area contributed by atoms with Crippen molar-refractivity contribution < 1.29 is 18.3 Å². The second kappa shape index (κ2) is 6.41. The number of carboxylic acids is 1. The molecule has 5 rings (SSSR count). The lowest BCUT2D eigenvalue weighted by atomic mass is 10.0. The zero-order chi connectivity index (χ0) is 20.3. The van der Waals surface area contributed by atoms with E-state index in [4.69, 9.17) is 0 Å². The number of carbonyl (C=O) groups is 1. The van der Waals surface area contributed by atoms with Crippen LogP contribution in [-0.2, 0) is 10.0 Å². The van der Waals surface area contributed by atoms with E-state index in [1.54, 1.807) is 5.01 Å². The number of aromatic amines is 2. The fraction of sp³-hybridized carbons (Fsp3) is 0.368. The van der Waals surface area contributed by atoms with Crippen LogP contribution < -0.4 is 10.4 Å². The number of H-pyrrole nitrogens is 2. The zero-order valence-electron chi connectivity index (χ0n) is 15.4. The third-order valence-corrected chi connectivity index (χ3v) is 7.51. The van der Waals surface area contributed by atoms with Crippen molar-refractivity contribution in [1.29, 1.82) is 0 Å². The molecule has 1 aliphatic carbocycles. The van der Waals surface area contributed by atoms with Gasteiger partial charge in [-0.1, -0.05) is 6.42 Å². The molecule has 10 heteroatoms. The minimum atomic E-state index is -3.83. The van der Waals surface area contributed by atoms with E-state index in [1.165, 1.54) is 30.8 Å². The summed E-state index contributed by atoms with van der Waals surface area (Å²) in [6.07, 6.45) is 4.72. The third-order valence-electron chi connectivity index (χ3n) is 6.13. The second-order valence-corrected chi connectivity index (χ2v) is 9.53. The molecule has 2 aliphatic rings. The van der Waals surface area contributed by atoms with Crippen molar-refractivity contribution in [2.45, 2.75) is 24.2 Å². The molecule has 4 N–H and O–H groups in total. The second-order valence-electron chi connectivity index (χ2n) is 7.87. The monoisotopic (exact) mass is 416 g/mol. The minimum Gasteiger partial charge on any atom is -0.478 e. The molecular weight excluding hydrogens is 396 g/mol. The molecule has 0 radical (unpaired) electrons. The van der Waals surface area contributed by atoms with Gasteiger partial charge in [0, 0.05) is 35.6 Å². The summed E-state index contributed by atoms with van der Waals surface area (Å²) in [5, 5.41) is 11.8. The van der Waals surface area contributed by atoms with E-state index >= 15 is 0 Å². The smallest absolute Gasteiger partial charge is 0.337 e. The van der Waals surface area contributed by atoms with Crippen LogP contribution in [0.5, 0.6) is 0 Å². The lowest BCUT2D eigenvalue weighted by molar-refractivity contribution is 0.0699. The van der Waals surface area contributed by atoms with Crippen LogP contribution in [0.25, 0.3) is 21.8 Å². The maximum absolute atomic E-state index is 13.0. The topological polar surface area (TPSA) is 135 Å². The van der Waals surface area contributed by atoms with Crippen molar-refractivity contribution in [3.63, 3.8) is 0 Å². The highest BCUT2D eigenvalue weighted by Crippen LogP contribution is 2.37. The van der Waals surface area contributed by atoms with Gasteiger partial charge in [0.2, 0.25) is 0 Å². The number of sulfonamides is 1. The molecule has 0 amide bonds. The van der Waals surface area contributed by atoms with Gasteiger partial charge in [0.25, 0.3) is 15.6 Å². The maximum atomic E-state index is 13.0. The summed E-state index contributed by atoms with van der Waals surface area (Å²) in [4.78, 5) is 31.8. The lowest BCUT2D eigenvalue weighted by Crippen LogP contribution is -2.41. The molecule has 1 saturated heterocycles. The van der Waals surface area contributed by atoms with Crippen molar-refractivity contribution >= 4 is 37.8 Å². The molecule has 29 heavy (non-hydrogen) atoms. The van der Waals surface area contributed by atoms with Gasteiger partial charge in [0.1, 0.15) is 5.52 Å². The Morgan fingerprint density at radius 3 is 2.62 bits per heavy atom. The molecule has 2 fully saturated rings. The molecule has 0 spiro atoms. The van der Waals surface area contributed by atoms with Crippen molar-refractivity contribution in [3.8, 4) is 0 Å². The Morgan fingerprint density at radius 1 is 1.21 bits per heavy atom. The number of hydrogen-bond donors (Lipinski definition) is 4. The number of hydrazine groups is 1. The predicted molar refractivity (Wildman–Crippen MR) is 106 cm³/mol. The Hall–Kier alpha value is -2.69. The first-order valence-electron chi connectivity index (χ1n) is 9.51. The maximum Gasteiger partial charge on any atom is 0.337 e. The number of nitrogens with zero attached hydrogens (tertiary/aromatic N) is 1. The number of aromatic carboxylic acids is 1.